The van der Waals surface area contributed by atoms with Crippen LogP contribution in [0.4, 0.5) is 19.0 Å². The first-order chi connectivity index (χ1) is 14.3. The van der Waals surface area contributed by atoms with Crippen LogP contribution in [0.1, 0.15) is 12.5 Å². The van der Waals surface area contributed by atoms with Crippen molar-refractivity contribution < 1.29 is 22.7 Å². The van der Waals surface area contributed by atoms with Crippen molar-refractivity contribution >= 4 is 22.9 Å². The molecule has 1 aliphatic rings. The van der Waals surface area contributed by atoms with Crippen molar-refractivity contribution in [2.24, 2.45) is 5.92 Å². The second-order valence-corrected chi connectivity index (χ2v) is 6.79. The number of benzene rings is 1. The van der Waals surface area contributed by atoms with E-state index in [1.165, 1.54) is 30.6 Å². The van der Waals surface area contributed by atoms with Crippen molar-refractivity contribution in [3.05, 3.63) is 36.2 Å². The van der Waals surface area contributed by atoms with Crippen LogP contribution >= 0.6 is 0 Å². The molecule has 12 heteroatoms. The minimum absolute atomic E-state index is 0.135. The van der Waals surface area contributed by atoms with Crippen LogP contribution < -0.4 is 15.0 Å². The van der Waals surface area contributed by atoms with Crippen LogP contribution in [-0.2, 0) is 17.9 Å². The van der Waals surface area contributed by atoms with Gasteiger partial charge in [-0.05, 0) is 24.6 Å². The maximum absolute atomic E-state index is 12.4. The molecule has 0 spiro atoms. The molecule has 2 aromatic heterocycles. The van der Waals surface area contributed by atoms with Crippen LogP contribution in [-0.4, -0.2) is 50.3 Å². The van der Waals surface area contributed by atoms with Gasteiger partial charge in [-0.25, -0.2) is 14.6 Å². The number of alkyl halides is 3. The largest absolute Gasteiger partial charge is 0.573 e. The summed E-state index contributed by atoms with van der Waals surface area (Å²) in [5.41, 5.74) is 1.91. The van der Waals surface area contributed by atoms with Crippen LogP contribution in [0, 0.1) is 5.92 Å². The lowest BCUT2D eigenvalue weighted by atomic mass is 9.99. The highest BCUT2D eigenvalue weighted by Gasteiger charge is 2.35. The summed E-state index contributed by atoms with van der Waals surface area (Å²) in [6.45, 7) is 3.76. The van der Waals surface area contributed by atoms with Crippen molar-refractivity contribution in [2.45, 2.75) is 26.4 Å². The molecule has 3 heterocycles. The average molecular weight is 421 g/mol. The Balaban J connectivity index is 1.30. The Hall–Kier alpha value is -3.44. The number of carbonyl (C=O) groups excluding carboxylic acids is 1. The molecule has 1 aliphatic heterocycles. The quantitative estimate of drug-likeness (QED) is 0.649. The number of rotatable bonds is 6. The number of hydrogen-bond acceptors (Lipinski definition) is 7. The zero-order valence-corrected chi connectivity index (χ0v) is 15.9. The van der Waals surface area contributed by atoms with Crippen molar-refractivity contribution in [1.29, 1.82) is 0 Å². The van der Waals surface area contributed by atoms with E-state index in [-0.39, 0.29) is 24.1 Å². The molecule has 30 heavy (non-hydrogen) atoms. The Bertz CT molecular complexity index is 1050. The molecule has 158 valence electrons. The van der Waals surface area contributed by atoms with E-state index in [2.05, 4.69) is 30.3 Å². The first kappa shape index (κ1) is 19.9. The van der Waals surface area contributed by atoms with Gasteiger partial charge in [0.05, 0.1) is 5.92 Å². The summed E-state index contributed by atoms with van der Waals surface area (Å²) < 4.78 is 42.1. The van der Waals surface area contributed by atoms with Gasteiger partial charge in [0.15, 0.2) is 17.0 Å². The fraction of sp³-hybridized carbons (Fsp3) is 0.389. The topological polar surface area (TPSA) is 98.1 Å². The van der Waals surface area contributed by atoms with E-state index < -0.39 is 6.36 Å². The van der Waals surface area contributed by atoms with Crippen molar-refractivity contribution in [2.75, 3.05) is 18.0 Å². The van der Waals surface area contributed by atoms with Gasteiger partial charge in [-0.3, -0.25) is 4.79 Å². The molecule has 0 saturated carbocycles. The molecule has 3 aromatic rings. The predicted octanol–water partition coefficient (Wildman–Crippen LogP) is 1.89. The Morgan fingerprint density at radius 2 is 1.97 bits per heavy atom. The zero-order valence-electron chi connectivity index (χ0n) is 15.9. The van der Waals surface area contributed by atoms with Crippen LogP contribution in [0.2, 0.25) is 0 Å². The number of anilines is 1. The summed E-state index contributed by atoms with van der Waals surface area (Å²) in [5, 5.41) is 11.0. The van der Waals surface area contributed by atoms with Gasteiger partial charge in [0, 0.05) is 26.2 Å². The summed E-state index contributed by atoms with van der Waals surface area (Å²) in [6, 6.07) is 5.37. The molecule has 1 amide bonds. The predicted molar refractivity (Wildman–Crippen MR) is 99.5 cm³/mol. The smallest absolute Gasteiger partial charge is 0.406 e. The number of ether oxygens (including phenoxy) is 1. The molecular formula is C18H18F3N7O2. The molecule has 1 saturated heterocycles. The molecule has 0 aliphatic carbocycles. The summed E-state index contributed by atoms with van der Waals surface area (Å²) in [5.74, 6) is -0.0131. The Kier molecular flexibility index (Phi) is 5.14. The maximum Gasteiger partial charge on any atom is 0.573 e. The molecule has 0 radical (unpaired) electrons. The average Bonchev–Trinajstić information content (AvgIpc) is 3.09. The van der Waals surface area contributed by atoms with E-state index in [0.29, 0.717) is 42.2 Å². The minimum Gasteiger partial charge on any atom is -0.406 e. The van der Waals surface area contributed by atoms with E-state index in [1.807, 2.05) is 11.8 Å². The third-order valence-electron chi connectivity index (χ3n) is 4.76. The lowest BCUT2D eigenvalue weighted by molar-refractivity contribution is -0.274. The molecule has 9 nitrogen and oxygen atoms in total. The first-order valence-corrected chi connectivity index (χ1v) is 9.25. The lowest BCUT2D eigenvalue weighted by Crippen LogP contribution is -2.54. The van der Waals surface area contributed by atoms with E-state index in [9.17, 15) is 18.0 Å². The Labute approximate surface area is 168 Å². The van der Waals surface area contributed by atoms with Crippen LogP contribution in [0.5, 0.6) is 5.75 Å². The Morgan fingerprint density at radius 3 is 2.63 bits per heavy atom. The second kappa shape index (κ2) is 7.76. The van der Waals surface area contributed by atoms with Gasteiger partial charge in [-0.2, -0.15) is 0 Å². The standard InChI is InChI=1S/C18H18F3N7O2/c1-2-28-16-14(25-26-28)15(23-10-24-16)27-8-12(9-27)17(29)22-7-11-3-5-13(6-4-11)30-18(19,20)21/h3-6,10,12H,2,7-9H2,1H3,(H,22,29). The fourth-order valence-corrected chi connectivity index (χ4v) is 3.18. The molecule has 1 fully saturated rings. The number of nitrogens with one attached hydrogen (secondary N) is 1. The summed E-state index contributed by atoms with van der Waals surface area (Å²) in [4.78, 5) is 22.8. The number of carbonyl (C=O) groups is 1. The lowest BCUT2D eigenvalue weighted by Gasteiger charge is -2.38. The molecule has 0 atom stereocenters. The van der Waals surface area contributed by atoms with Gasteiger partial charge < -0.3 is 15.0 Å². The van der Waals surface area contributed by atoms with E-state index >= 15 is 0 Å². The summed E-state index contributed by atoms with van der Waals surface area (Å²) in [6.07, 6.45) is -3.28. The van der Waals surface area contributed by atoms with E-state index in [4.69, 9.17) is 0 Å². The van der Waals surface area contributed by atoms with Crippen molar-refractivity contribution in [3.63, 3.8) is 0 Å². The number of aromatic nitrogens is 5. The zero-order chi connectivity index (χ0) is 21.3. The van der Waals surface area contributed by atoms with Crippen LogP contribution in [0.25, 0.3) is 11.2 Å². The number of amides is 1. The summed E-state index contributed by atoms with van der Waals surface area (Å²) >= 11 is 0. The molecule has 4 rings (SSSR count). The monoisotopic (exact) mass is 421 g/mol. The highest BCUT2D eigenvalue weighted by molar-refractivity contribution is 5.86. The second-order valence-electron chi connectivity index (χ2n) is 6.79. The molecule has 1 aromatic carbocycles. The summed E-state index contributed by atoms with van der Waals surface area (Å²) in [7, 11) is 0. The third-order valence-corrected chi connectivity index (χ3v) is 4.76. The van der Waals surface area contributed by atoms with Crippen molar-refractivity contribution in [3.8, 4) is 5.75 Å². The van der Waals surface area contributed by atoms with Crippen LogP contribution in [0.15, 0.2) is 30.6 Å². The Morgan fingerprint density at radius 1 is 1.23 bits per heavy atom. The molecule has 1 N–H and O–H groups in total. The first-order valence-electron chi connectivity index (χ1n) is 9.25. The van der Waals surface area contributed by atoms with Crippen molar-refractivity contribution in [1.82, 2.24) is 30.3 Å². The molecule has 0 bridgehead atoms. The van der Waals surface area contributed by atoms with E-state index in [1.54, 1.807) is 4.68 Å². The van der Waals surface area contributed by atoms with Gasteiger partial charge in [0.1, 0.15) is 12.1 Å². The SMILES string of the molecule is CCn1nnc2c(N3CC(C(=O)NCc4ccc(OC(F)(F)F)cc4)C3)ncnc21. The maximum atomic E-state index is 12.4. The molecular weight excluding hydrogens is 403 g/mol. The van der Waals surface area contributed by atoms with Gasteiger partial charge in [-0.1, -0.05) is 17.3 Å². The van der Waals surface area contributed by atoms with Gasteiger partial charge in [0.2, 0.25) is 5.91 Å². The molecule has 0 unspecified atom stereocenters. The van der Waals surface area contributed by atoms with Gasteiger partial charge in [0.25, 0.3) is 0 Å². The number of hydrogen-bond donors (Lipinski definition) is 1. The van der Waals surface area contributed by atoms with E-state index in [0.717, 1.165) is 0 Å². The normalized spacial score (nSPS) is 14.6. The number of aryl methyl sites for hydroxylation is 1. The minimum atomic E-state index is -4.73. The third kappa shape index (κ3) is 4.11. The number of fused-ring (bicyclic) bond motifs is 1. The van der Waals surface area contributed by atoms with Gasteiger partial charge in [-0.15, -0.1) is 18.3 Å². The number of nitrogens with zero attached hydrogens (tertiary/aromatic N) is 6. The van der Waals surface area contributed by atoms with Crippen LogP contribution in [0.3, 0.4) is 0 Å². The highest BCUT2D eigenvalue weighted by atomic mass is 19.4. The fourth-order valence-electron chi connectivity index (χ4n) is 3.18. The number of halogens is 3. The van der Waals surface area contributed by atoms with Gasteiger partial charge >= 0.3 is 6.36 Å². The highest BCUT2D eigenvalue weighted by Crippen LogP contribution is 2.28.